The Bertz CT molecular complexity index is 419. The number of fused-ring (bicyclic) bond motifs is 5. The Morgan fingerprint density at radius 1 is 1.11 bits per heavy atom. The lowest BCUT2D eigenvalue weighted by molar-refractivity contribution is -0.153. The standard InChI is InChI=1S/C15H18O3/c1-2-4-10(5-3-1)8-16-15-14-11(9-17-15)12-6-7-13(14)18-12/h1-5,11-15H,6-9H2/t11-,12-,13+,14-,15?/m1/s1. The summed E-state index contributed by atoms with van der Waals surface area (Å²) in [5, 5.41) is 0. The molecule has 0 N–H and O–H groups in total. The molecule has 0 saturated carbocycles. The van der Waals surface area contributed by atoms with Gasteiger partial charge in [0.15, 0.2) is 6.29 Å². The summed E-state index contributed by atoms with van der Waals surface area (Å²) < 4.78 is 17.7. The van der Waals surface area contributed by atoms with Gasteiger partial charge >= 0.3 is 0 Å². The Kier molecular flexibility index (Phi) is 2.64. The van der Waals surface area contributed by atoms with Gasteiger partial charge in [-0.1, -0.05) is 30.3 Å². The summed E-state index contributed by atoms with van der Waals surface area (Å²) in [4.78, 5) is 0. The summed E-state index contributed by atoms with van der Waals surface area (Å²) >= 11 is 0. The van der Waals surface area contributed by atoms with Crippen molar-refractivity contribution in [2.24, 2.45) is 11.8 Å². The zero-order valence-electron chi connectivity index (χ0n) is 10.3. The molecule has 1 aromatic rings. The lowest BCUT2D eigenvalue weighted by atomic mass is 9.81. The Balaban J connectivity index is 1.41. The van der Waals surface area contributed by atoms with Crippen LogP contribution in [-0.4, -0.2) is 25.1 Å². The highest BCUT2D eigenvalue weighted by Gasteiger charge is 2.56. The summed E-state index contributed by atoms with van der Waals surface area (Å²) in [6.07, 6.45) is 3.14. The maximum absolute atomic E-state index is 5.96. The topological polar surface area (TPSA) is 27.7 Å². The summed E-state index contributed by atoms with van der Waals surface area (Å²) in [5.74, 6) is 1.04. The molecule has 3 saturated heterocycles. The zero-order chi connectivity index (χ0) is 11.9. The Labute approximate surface area is 107 Å². The van der Waals surface area contributed by atoms with Crippen LogP contribution in [0.1, 0.15) is 18.4 Å². The van der Waals surface area contributed by atoms with Gasteiger partial charge in [0.25, 0.3) is 0 Å². The first-order chi connectivity index (χ1) is 8.92. The fourth-order valence-electron chi connectivity index (χ4n) is 3.64. The molecule has 0 amide bonds. The number of hydrogen-bond acceptors (Lipinski definition) is 3. The fourth-order valence-corrected chi connectivity index (χ4v) is 3.64. The molecule has 0 radical (unpaired) electrons. The van der Waals surface area contributed by atoms with Crippen molar-refractivity contribution < 1.29 is 14.2 Å². The van der Waals surface area contributed by atoms with Gasteiger partial charge in [-0.25, -0.2) is 0 Å². The van der Waals surface area contributed by atoms with Gasteiger partial charge in [-0.05, 0) is 18.4 Å². The highest BCUT2D eigenvalue weighted by Crippen LogP contribution is 2.49. The third kappa shape index (κ3) is 1.69. The monoisotopic (exact) mass is 246 g/mol. The second kappa shape index (κ2) is 4.34. The van der Waals surface area contributed by atoms with Crippen LogP contribution in [0.3, 0.4) is 0 Å². The van der Waals surface area contributed by atoms with Crippen molar-refractivity contribution in [3.05, 3.63) is 35.9 Å². The lowest BCUT2D eigenvalue weighted by Crippen LogP contribution is -2.32. The third-order valence-electron chi connectivity index (χ3n) is 4.51. The minimum atomic E-state index is -0.0643. The van der Waals surface area contributed by atoms with Gasteiger partial charge in [0.1, 0.15) is 0 Å². The largest absolute Gasteiger partial charge is 0.374 e. The molecular formula is C15H18O3. The van der Waals surface area contributed by atoms with Crippen LogP contribution in [0.4, 0.5) is 0 Å². The van der Waals surface area contributed by atoms with E-state index in [0.717, 1.165) is 6.61 Å². The van der Waals surface area contributed by atoms with E-state index in [2.05, 4.69) is 12.1 Å². The molecule has 3 heteroatoms. The minimum absolute atomic E-state index is 0.0643. The first kappa shape index (κ1) is 11.0. The van der Waals surface area contributed by atoms with Crippen LogP contribution in [0, 0.1) is 11.8 Å². The van der Waals surface area contributed by atoms with Crippen molar-refractivity contribution in [1.29, 1.82) is 0 Å². The molecule has 1 aromatic carbocycles. The van der Waals surface area contributed by atoms with Crippen molar-refractivity contribution >= 4 is 0 Å². The van der Waals surface area contributed by atoms with Crippen LogP contribution in [0.25, 0.3) is 0 Å². The van der Waals surface area contributed by atoms with Crippen molar-refractivity contribution in [2.45, 2.75) is 37.9 Å². The fraction of sp³-hybridized carbons (Fsp3) is 0.600. The van der Waals surface area contributed by atoms with Gasteiger partial charge < -0.3 is 14.2 Å². The maximum atomic E-state index is 5.96. The SMILES string of the molecule is c1ccc(COC2OC[C@H]3[C@@H]2[C@@H]2CC[C@H]3O2)cc1. The van der Waals surface area contributed by atoms with Gasteiger partial charge in [-0.15, -0.1) is 0 Å². The van der Waals surface area contributed by atoms with Crippen LogP contribution in [0.15, 0.2) is 30.3 Å². The lowest BCUT2D eigenvalue weighted by Gasteiger charge is -2.23. The van der Waals surface area contributed by atoms with E-state index in [-0.39, 0.29) is 6.29 Å². The van der Waals surface area contributed by atoms with Crippen molar-refractivity contribution in [3.8, 4) is 0 Å². The Morgan fingerprint density at radius 3 is 2.83 bits per heavy atom. The van der Waals surface area contributed by atoms with Gasteiger partial charge in [-0.2, -0.15) is 0 Å². The van der Waals surface area contributed by atoms with Gasteiger partial charge in [-0.3, -0.25) is 0 Å². The van der Waals surface area contributed by atoms with Crippen molar-refractivity contribution in [1.82, 2.24) is 0 Å². The molecule has 4 rings (SSSR count). The predicted octanol–water partition coefficient (Wildman–Crippen LogP) is 2.35. The number of rotatable bonds is 3. The molecule has 0 aliphatic carbocycles. The van der Waals surface area contributed by atoms with Crippen LogP contribution in [-0.2, 0) is 20.8 Å². The predicted molar refractivity (Wildman–Crippen MR) is 65.8 cm³/mol. The first-order valence-corrected chi connectivity index (χ1v) is 6.84. The smallest absolute Gasteiger partial charge is 0.163 e. The molecule has 3 nitrogen and oxygen atoms in total. The zero-order valence-corrected chi connectivity index (χ0v) is 10.3. The second-order valence-corrected chi connectivity index (χ2v) is 5.53. The number of hydrogen-bond donors (Lipinski definition) is 0. The van der Waals surface area contributed by atoms with Crippen LogP contribution < -0.4 is 0 Å². The highest BCUT2D eigenvalue weighted by molar-refractivity contribution is 5.13. The molecule has 0 aromatic heterocycles. The van der Waals surface area contributed by atoms with E-state index in [1.54, 1.807) is 0 Å². The molecule has 3 aliphatic rings. The molecule has 0 spiro atoms. The molecular weight excluding hydrogens is 228 g/mol. The average molecular weight is 246 g/mol. The normalized spacial score (nSPS) is 41.2. The summed E-state index contributed by atoms with van der Waals surface area (Å²) in [6, 6.07) is 10.3. The summed E-state index contributed by atoms with van der Waals surface area (Å²) in [7, 11) is 0. The molecule has 3 fully saturated rings. The molecule has 18 heavy (non-hydrogen) atoms. The van der Waals surface area contributed by atoms with Gasteiger partial charge in [0.05, 0.1) is 25.4 Å². The van der Waals surface area contributed by atoms with E-state index in [4.69, 9.17) is 14.2 Å². The van der Waals surface area contributed by atoms with Crippen LogP contribution in [0.5, 0.6) is 0 Å². The van der Waals surface area contributed by atoms with Gasteiger partial charge in [0, 0.05) is 11.8 Å². The Hall–Kier alpha value is -0.900. The second-order valence-electron chi connectivity index (χ2n) is 5.53. The third-order valence-corrected chi connectivity index (χ3v) is 4.51. The van der Waals surface area contributed by atoms with Crippen molar-refractivity contribution in [2.75, 3.05) is 6.61 Å². The molecule has 3 aliphatic heterocycles. The highest BCUT2D eigenvalue weighted by atomic mass is 16.7. The minimum Gasteiger partial charge on any atom is -0.374 e. The molecule has 5 atom stereocenters. The Morgan fingerprint density at radius 2 is 1.94 bits per heavy atom. The van der Waals surface area contributed by atoms with Crippen LogP contribution in [0.2, 0.25) is 0 Å². The number of ether oxygens (including phenoxy) is 3. The van der Waals surface area contributed by atoms with Gasteiger partial charge in [0.2, 0.25) is 0 Å². The quantitative estimate of drug-likeness (QED) is 0.819. The summed E-state index contributed by atoms with van der Waals surface area (Å²) in [6.45, 7) is 1.44. The van der Waals surface area contributed by atoms with Crippen LogP contribution >= 0.6 is 0 Å². The number of benzene rings is 1. The van der Waals surface area contributed by atoms with E-state index in [9.17, 15) is 0 Å². The molecule has 96 valence electrons. The molecule has 3 heterocycles. The molecule has 1 unspecified atom stereocenters. The summed E-state index contributed by atoms with van der Waals surface area (Å²) in [5.41, 5.74) is 1.20. The van der Waals surface area contributed by atoms with E-state index in [0.29, 0.717) is 30.7 Å². The maximum Gasteiger partial charge on any atom is 0.163 e. The van der Waals surface area contributed by atoms with Crippen molar-refractivity contribution in [3.63, 3.8) is 0 Å². The van der Waals surface area contributed by atoms with E-state index in [1.165, 1.54) is 18.4 Å². The van der Waals surface area contributed by atoms with E-state index >= 15 is 0 Å². The van der Waals surface area contributed by atoms with E-state index < -0.39 is 0 Å². The van der Waals surface area contributed by atoms with E-state index in [1.807, 2.05) is 18.2 Å². The molecule has 2 bridgehead atoms. The first-order valence-electron chi connectivity index (χ1n) is 6.84. The average Bonchev–Trinajstić information content (AvgIpc) is 3.11.